The molecule has 1 aromatic carbocycles. The van der Waals surface area contributed by atoms with E-state index in [1.165, 1.54) is 5.56 Å². The molecule has 0 aliphatic heterocycles. The SMILES string of the molecule is COc1ccc(COC(=O)[C@@H]2C[C@H]2c2ccc(Br)cc2)nc1. The van der Waals surface area contributed by atoms with E-state index in [9.17, 15) is 4.79 Å². The average Bonchev–Trinajstić information content (AvgIpc) is 3.34. The van der Waals surface area contributed by atoms with Crippen LogP contribution < -0.4 is 4.74 Å². The Hall–Kier alpha value is -1.88. The van der Waals surface area contributed by atoms with E-state index in [4.69, 9.17) is 9.47 Å². The van der Waals surface area contributed by atoms with E-state index in [2.05, 4.69) is 20.9 Å². The molecule has 1 fully saturated rings. The highest BCUT2D eigenvalue weighted by molar-refractivity contribution is 9.10. The van der Waals surface area contributed by atoms with Crippen LogP contribution in [0.5, 0.6) is 5.75 Å². The smallest absolute Gasteiger partial charge is 0.309 e. The molecule has 1 aromatic heterocycles. The number of methoxy groups -OCH3 is 1. The molecule has 0 unspecified atom stereocenters. The number of ether oxygens (including phenoxy) is 2. The number of rotatable bonds is 5. The molecule has 0 radical (unpaired) electrons. The maximum atomic E-state index is 12.1. The van der Waals surface area contributed by atoms with Gasteiger partial charge >= 0.3 is 5.97 Å². The highest BCUT2D eigenvalue weighted by atomic mass is 79.9. The predicted octanol–water partition coefficient (Wildman–Crippen LogP) is 3.70. The van der Waals surface area contributed by atoms with E-state index in [1.807, 2.05) is 24.3 Å². The number of esters is 1. The third kappa shape index (κ3) is 3.47. The molecule has 4 nitrogen and oxygen atoms in total. The van der Waals surface area contributed by atoms with Gasteiger partial charge in [0.1, 0.15) is 12.4 Å². The van der Waals surface area contributed by atoms with Gasteiger partial charge in [0.05, 0.1) is 24.9 Å². The van der Waals surface area contributed by atoms with Crippen LogP contribution in [-0.2, 0) is 16.1 Å². The van der Waals surface area contributed by atoms with Gasteiger partial charge in [-0.2, -0.15) is 0 Å². The van der Waals surface area contributed by atoms with Crippen molar-refractivity contribution in [1.29, 1.82) is 0 Å². The summed E-state index contributed by atoms with van der Waals surface area (Å²) in [6.07, 6.45) is 2.47. The minimum Gasteiger partial charge on any atom is -0.495 e. The molecule has 1 aliphatic carbocycles. The zero-order valence-corrected chi connectivity index (χ0v) is 13.7. The Morgan fingerprint density at radius 1 is 1.27 bits per heavy atom. The van der Waals surface area contributed by atoms with Crippen LogP contribution in [-0.4, -0.2) is 18.1 Å². The Morgan fingerprint density at radius 3 is 2.68 bits per heavy atom. The molecule has 0 spiro atoms. The number of pyridine rings is 1. The summed E-state index contributed by atoms with van der Waals surface area (Å²) in [4.78, 5) is 16.2. The fraction of sp³-hybridized carbons (Fsp3) is 0.294. The molecule has 0 saturated heterocycles. The number of aromatic nitrogens is 1. The first-order valence-electron chi connectivity index (χ1n) is 7.08. The number of halogens is 1. The van der Waals surface area contributed by atoms with E-state index in [0.717, 1.165) is 16.6 Å². The molecule has 2 aromatic rings. The number of carbonyl (C=O) groups is 1. The number of hydrogen-bond donors (Lipinski definition) is 0. The van der Waals surface area contributed by atoms with E-state index in [-0.39, 0.29) is 24.4 Å². The van der Waals surface area contributed by atoms with Gasteiger partial charge in [-0.3, -0.25) is 9.78 Å². The minimum absolute atomic E-state index is 0.0283. The van der Waals surface area contributed by atoms with Gasteiger partial charge in [-0.1, -0.05) is 28.1 Å². The molecular weight excluding hydrogens is 346 g/mol. The Balaban J connectivity index is 1.51. The van der Waals surface area contributed by atoms with Crippen LogP contribution in [0.3, 0.4) is 0 Å². The van der Waals surface area contributed by atoms with Gasteiger partial charge in [0.2, 0.25) is 0 Å². The second-order valence-corrected chi connectivity index (χ2v) is 6.21. The lowest BCUT2D eigenvalue weighted by molar-refractivity contribution is -0.146. The van der Waals surface area contributed by atoms with Crippen molar-refractivity contribution in [2.24, 2.45) is 5.92 Å². The number of nitrogens with zero attached hydrogens (tertiary/aromatic N) is 1. The fourth-order valence-electron chi connectivity index (χ4n) is 2.40. The molecule has 1 heterocycles. The Bertz CT molecular complexity index is 655. The summed E-state index contributed by atoms with van der Waals surface area (Å²) >= 11 is 3.41. The molecule has 0 amide bonds. The zero-order chi connectivity index (χ0) is 15.5. The van der Waals surface area contributed by atoms with Crippen LogP contribution in [0, 0.1) is 5.92 Å². The Kier molecular flexibility index (Phi) is 4.43. The van der Waals surface area contributed by atoms with Gasteiger partial charge in [0.15, 0.2) is 0 Å². The Labute approximate surface area is 137 Å². The maximum absolute atomic E-state index is 12.1. The molecule has 2 atom stereocenters. The standard InChI is InChI=1S/C17H16BrNO3/c1-21-14-7-6-13(19-9-14)10-22-17(20)16-8-15(16)11-2-4-12(18)5-3-11/h2-7,9,15-16H,8,10H2,1H3/t15-,16+/m0/s1. The van der Waals surface area contributed by atoms with Crippen molar-refractivity contribution in [1.82, 2.24) is 4.98 Å². The highest BCUT2D eigenvalue weighted by Gasteiger charge is 2.45. The van der Waals surface area contributed by atoms with E-state index in [0.29, 0.717) is 5.75 Å². The summed E-state index contributed by atoms with van der Waals surface area (Å²) in [7, 11) is 1.59. The third-order valence-corrected chi connectivity index (χ3v) is 4.32. The summed E-state index contributed by atoms with van der Waals surface area (Å²) in [5.74, 6) is 0.793. The summed E-state index contributed by atoms with van der Waals surface area (Å²) in [5.41, 5.74) is 1.91. The van der Waals surface area contributed by atoms with Crippen LogP contribution >= 0.6 is 15.9 Å². The van der Waals surface area contributed by atoms with Gasteiger partial charge in [0.25, 0.3) is 0 Å². The monoisotopic (exact) mass is 361 g/mol. The minimum atomic E-state index is -0.148. The van der Waals surface area contributed by atoms with Gasteiger partial charge < -0.3 is 9.47 Å². The lowest BCUT2D eigenvalue weighted by Gasteiger charge is -2.05. The summed E-state index contributed by atoms with van der Waals surface area (Å²) < 4.78 is 11.4. The molecule has 3 rings (SSSR count). The summed E-state index contributed by atoms with van der Waals surface area (Å²) in [6.45, 7) is 0.201. The first-order chi connectivity index (χ1) is 10.7. The van der Waals surface area contributed by atoms with Crippen molar-refractivity contribution in [2.45, 2.75) is 18.9 Å². The van der Waals surface area contributed by atoms with Crippen molar-refractivity contribution < 1.29 is 14.3 Å². The van der Waals surface area contributed by atoms with Crippen molar-refractivity contribution in [2.75, 3.05) is 7.11 Å². The van der Waals surface area contributed by atoms with Gasteiger partial charge in [-0.25, -0.2) is 0 Å². The van der Waals surface area contributed by atoms with Crippen LogP contribution in [0.2, 0.25) is 0 Å². The van der Waals surface area contributed by atoms with Gasteiger partial charge in [-0.15, -0.1) is 0 Å². The zero-order valence-electron chi connectivity index (χ0n) is 12.2. The van der Waals surface area contributed by atoms with Gasteiger partial charge in [-0.05, 0) is 42.2 Å². The fourth-order valence-corrected chi connectivity index (χ4v) is 2.67. The number of carbonyl (C=O) groups excluding carboxylic acids is 1. The summed E-state index contributed by atoms with van der Waals surface area (Å²) in [6, 6.07) is 11.7. The first kappa shape index (κ1) is 15.0. The van der Waals surface area contributed by atoms with Gasteiger partial charge in [0, 0.05) is 4.47 Å². The van der Waals surface area contributed by atoms with Crippen LogP contribution in [0.15, 0.2) is 47.1 Å². The molecule has 1 aliphatic rings. The normalized spacial score (nSPS) is 19.5. The second kappa shape index (κ2) is 6.48. The van der Waals surface area contributed by atoms with Crippen LogP contribution in [0.4, 0.5) is 0 Å². The largest absolute Gasteiger partial charge is 0.495 e. The molecular formula is C17H16BrNO3. The molecule has 1 saturated carbocycles. The molecule has 5 heteroatoms. The average molecular weight is 362 g/mol. The number of hydrogen-bond acceptors (Lipinski definition) is 4. The lowest BCUT2D eigenvalue weighted by atomic mass is 10.1. The van der Waals surface area contributed by atoms with E-state index < -0.39 is 0 Å². The molecule has 0 N–H and O–H groups in total. The molecule has 0 bridgehead atoms. The quantitative estimate of drug-likeness (QED) is 0.761. The second-order valence-electron chi connectivity index (χ2n) is 5.30. The van der Waals surface area contributed by atoms with Crippen molar-refractivity contribution in [3.63, 3.8) is 0 Å². The van der Waals surface area contributed by atoms with Crippen LogP contribution in [0.1, 0.15) is 23.6 Å². The summed E-state index contributed by atoms with van der Waals surface area (Å²) in [5, 5.41) is 0. The lowest BCUT2D eigenvalue weighted by Crippen LogP contribution is -2.08. The highest BCUT2D eigenvalue weighted by Crippen LogP contribution is 2.48. The maximum Gasteiger partial charge on any atom is 0.309 e. The predicted molar refractivity (Wildman–Crippen MR) is 85.6 cm³/mol. The first-order valence-corrected chi connectivity index (χ1v) is 7.87. The van der Waals surface area contributed by atoms with E-state index >= 15 is 0 Å². The van der Waals surface area contributed by atoms with Crippen molar-refractivity contribution in [3.8, 4) is 5.75 Å². The van der Waals surface area contributed by atoms with Crippen molar-refractivity contribution in [3.05, 3.63) is 58.3 Å². The van der Waals surface area contributed by atoms with E-state index in [1.54, 1.807) is 25.4 Å². The third-order valence-electron chi connectivity index (χ3n) is 3.79. The van der Waals surface area contributed by atoms with Crippen molar-refractivity contribution >= 4 is 21.9 Å². The number of benzene rings is 1. The Morgan fingerprint density at radius 2 is 2.05 bits per heavy atom. The molecule has 114 valence electrons. The molecule has 22 heavy (non-hydrogen) atoms. The topological polar surface area (TPSA) is 48.4 Å². The van der Waals surface area contributed by atoms with Crippen LogP contribution in [0.25, 0.3) is 0 Å².